The third kappa shape index (κ3) is 2.94. The van der Waals surface area contributed by atoms with Gasteiger partial charge in [0.2, 0.25) is 0 Å². The minimum Gasteiger partial charge on any atom is -0.508 e. The van der Waals surface area contributed by atoms with Crippen molar-refractivity contribution in [1.82, 2.24) is 0 Å². The van der Waals surface area contributed by atoms with Gasteiger partial charge < -0.3 is 15.3 Å². The summed E-state index contributed by atoms with van der Waals surface area (Å²) in [5.41, 5.74) is 0.910. The first-order chi connectivity index (χ1) is 7.06. The van der Waals surface area contributed by atoms with E-state index in [0.29, 0.717) is 6.42 Å². The molecule has 0 spiro atoms. The predicted molar refractivity (Wildman–Crippen MR) is 58.8 cm³/mol. The number of hydrogen-bond acceptors (Lipinski definition) is 3. The molecule has 0 fully saturated rings. The Hall–Kier alpha value is -1.06. The Bertz CT molecular complexity index is 294. The molecule has 0 saturated carbocycles. The predicted octanol–water partition coefficient (Wildman–Crippen LogP) is 1.63. The van der Waals surface area contributed by atoms with Gasteiger partial charge in [0.25, 0.3) is 0 Å². The molecule has 0 aliphatic heterocycles. The summed E-state index contributed by atoms with van der Waals surface area (Å²) < 4.78 is 0. The SMILES string of the molecule is CCC(O)C(O)C(C)c1ccc(O)cc1. The fraction of sp³-hybridized carbons (Fsp3) is 0.500. The molecule has 84 valence electrons. The Labute approximate surface area is 90.0 Å². The molecule has 0 saturated heterocycles. The highest BCUT2D eigenvalue weighted by Crippen LogP contribution is 2.23. The number of phenolic OH excluding ortho intramolecular Hbond substituents is 1. The van der Waals surface area contributed by atoms with Crippen LogP contribution < -0.4 is 0 Å². The van der Waals surface area contributed by atoms with Gasteiger partial charge in [0, 0.05) is 5.92 Å². The molecular weight excluding hydrogens is 192 g/mol. The van der Waals surface area contributed by atoms with E-state index < -0.39 is 12.2 Å². The summed E-state index contributed by atoms with van der Waals surface area (Å²) in [4.78, 5) is 0. The maximum atomic E-state index is 9.80. The van der Waals surface area contributed by atoms with E-state index in [4.69, 9.17) is 5.11 Å². The Balaban J connectivity index is 2.75. The van der Waals surface area contributed by atoms with Gasteiger partial charge in [-0.05, 0) is 24.1 Å². The van der Waals surface area contributed by atoms with E-state index in [9.17, 15) is 10.2 Å². The zero-order chi connectivity index (χ0) is 11.4. The lowest BCUT2D eigenvalue weighted by Crippen LogP contribution is -2.30. The van der Waals surface area contributed by atoms with Crippen LogP contribution in [0.15, 0.2) is 24.3 Å². The Morgan fingerprint density at radius 3 is 2.13 bits per heavy atom. The molecule has 0 radical (unpaired) electrons. The third-order valence-electron chi connectivity index (χ3n) is 2.74. The summed E-state index contributed by atoms with van der Waals surface area (Å²) in [5.74, 6) is 0.0667. The normalized spacial score (nSPS) is 17.1. The lowest BCUT2D eigenvalue weighted by atomic mass is 9.91. The number of benzene rings is 1. The summed E-state index contributed by atoms with van der Waals surface area (Å²) in [6.45, 7) is 3.69. The van der Waals surface area contributed by atoms with Crippen LogP contribution in [0.5, 0.6) is 5.75 Å². The molecule has 0 aromatic heterocycles. The first-order valence-corrected chi connectivity index (χ1v) is 5.21. The topological polar surface area (TPSA) is 60.7 Å². The van der Waals surface area contributed by atoms with Crippen molar-refractivity contribution in [2.75, 3.05) is 0 Å². The van der Waals surface area contributed by atoms with Crippen LogP contribution in [-0.2, 0) is 0 Å². The van der Waals surface area contributed by atoms with Gasteiger partial charge in [-0.1, -0.05) is 26.0 Å². The number of hydrogen-bond donors (Lipinski definition) is 3. The fourth-order valence-corrected chi connectivity index (χ4v) is 1.55. The van der Waals surface area contributed by atoms with Crippen molar-refractivity contribution in [3.63, 3.8) is 0 Å². The number of phenols is 1. The van der Waals surface area contributed by atoms with Gasteiger partial charge in [-0.15, -0.1) is 0 Å². The van der Waals surface area contributed by atoms with Gasteiger partial charge in [-0.3, -0.25) is 0 Å². The van der Waals surface area contributed by atoms with Crippen LogP contribution in [0, 0.1) is 0 Å². The third-order valence-corrected chi connectivity index (χ3v) is 2.74. The van der Waals surface area contributed by atoms with Crippen molar-refractivity contribution in [3.05, 3.63) is 29.8 Å². The van der Waals surface area contributed by atoms with Gasteiger partial charge in [-0.2, -0.15) is 0 Å². The number of aromatic hydroxyl groups is 1. The van der Waals surface area contributed by atoms with Gasteiger partial charge in [0.05, 0.1) is 12.2 Å². The van der Waals surface area contributed by atoms with E-state index in [1.165, 1.54) is 0 Å². The molecule has 3 nitrogen and oxygen atoms in total. The van der Waals surface area contributed by atoms with Crippen molar-refractivity contribution >= 4 is 0 Å². The lowest BCUT2D eigenvalue weighted by molar-refractivity contribution is 0.00420. The zero-order valence-electron chi connectivity index (χ0n) is 9.09. The van der Waals surface area contributed by atoms with Crippen LogP contribution in [0.2, 0.25) is 0 Å². The van der Waals surface area contributed by atoms with E-state index in [0.717, 1.165) is 5.56 Å². The van der Waals surface area contributed by atoms with Crippen molar-refractivity contribution in [1.29, 1.82) is 0 Å². The molecule has 3 atom stereocenters. The Kier molecular flexibility index (Phi) is 4.12. The molecule has 0 heterocycles. The summed E-state index contributed by atoms with van der Waals surface area (Å²) in [7, 11) is 0. The monoisotopic (exact) mass is 210 g/mol. The molecule has 3 heteroatoms. The minimum absolute atomic E-state index is 0.138. The Morgan fingerprint density at radius 1 is 1.13 bits per heavy atom. The van der Waals surface area contributed by atoms with Crippen molar-refractivity contribution < 1.29 is 15.3 Å². The minimum atomic E-state index is -0.764. The summed E-state index contributed by atoms with van der Waals surface area (Å²) in [6.07, 6.45) is -0.933. The van der Waals surface area contributed by atoms with Crippen LogP contribution in [0.4, 0.5) is 0 Å². The second-order valence-electron chi connectivity index (χ2n) is 3.85. The molecule has 3 N–H and O–H groups in total. The highest BCUT2D eigenvalue weighted by Gasteiger charge is 2.22. The average molecular weight is 210 g/mol. The van der Waals surface area contributed by atoms with Gasteiger partial charge >= 0.3 is 0 Å². The van der Waals surface area contributed by atoms with Crippen molar-refractivity contribution in [2.45, 2.75) is 38.4 Å². The maximum absolute atomic E-state index is 9.80. The quantitative estimate of drug-likeness (QED) is 0.707. The molecule has 0 aliphatic carbocycles. The molecule has 0 aliphatic rings. The second kappa shape index (κ2) is 5.14. The van der Waals surface area contributed by atoms with Crippen molar-refractivity contribution in [2.24, 2.45) is 0 Å². The van der Waals surface area contributed by atoms with Crippen LogP contribution in [0.1, 0.15) is 31.7 Å². The van der Waals surface area contributed by atoms with Gasteiger partial charge in [0.15, 0.2) is 0 Å². The molecule has 1 aromatic rings. The summed E-state index contributed by atoms with van der Waals surface area (Å²) >= 11 is 0. The Morgan fingerprint density at radius 2 is 1.67 bits per heavy atom. The molecule has 1 aromatic carbocycles. The largest absolute Gasteiger partial charge is 0.508 e. The molecule has 3 unspecified atom stereocenters. The van der Waals surface area contributed by atoms with Crippen LogP contribution in [-0.4, -0.2) is 27.5 Å². The molecular formula is C12H18O3. The first-order valence-electron chi connectivity index (χ1n) is 5.21. The zero-order valence-corrected chi connectivity index (χ0v) is 9.09. The molecule has 0 bridgehead atoms. The summed E-state index contributed by atoms with van der Waals surface area (Å²) in [5, 5.41) is 28.4. The van der Waals surface area contributed by atoms with E-state index >= 15 is 0 Å². The highest BCUT2D eigenvalue weighted by atomic mass is 16.3. The van der Waals surface area contributed by atoms with Crippen molar-refractivity contribution in [3.8, 4) is 5.75 Å². The lowest BCUT2D eigenvalue weighted by Gasteiger charge is -2.23. The number of aliphatic hydroxyl groups excluding tert-OH is 2. The second-order valence-corrected chi connectivity index (χ2v) is 3.85. The highest BCUT2D eigenvalue weighted by molar-refractivity contribution is 5.28. The first kappa shape index (κ1) is 12.0. The van der Waals surface area contributed by atoms with Crippen LogP contribution in [0.3, 0.4) is 0 Å². The van der Waals surface area contributed by atoms with E-state index in [1.54, 1.807) is 24.3 Å². The number of aliphatic hydroxyl groups is 2. The van der Waals surface area contributed by atoms with Gasteiger partial charge in [0.1, 0.15) is 5.75 Å². The van der Waals surface area contributed by atoms with E-state index in [2.05, 4.69) is 0 Å². The maximum Gasteiger partial charge on any atom is 0.115 e. The average Bonchev–Trinajstić information content (AvgIpc) is 2.27. The van der Waals surface area contributed by atoms with Crippen LogP contribution in [0.25, 0.3) is 0 Å². The standard InChI is InChI=1S/C12H18O3/c1-3-11(14)12(15)8(2)9-4-6-10(13)7-5-9/h4-8,11-15H,3H2,1-2H3. The fourth-order valence-electron chi connectivity index (χ4n) is 1.55. The molecule has 15 heavy (non-hydrogen) atoms. The van der Waals surface area contributed by atoms with E-state index in [-0.39, 0.29) is 11.7 Å². The number of rotatable bonds is 4. The van der Waals surface area contributed by atoms with E-state index in [1.807, 2.05) is 13.8 Å². The van der Waals surface area contributed by atoms with Crippen LogP contribution >= 0.6 is 0 Å². The molecule has 1 rings (SSSR count). The smallest absolute Gasteiger partial charge is 0.115 e. The van der Waals surface area contributed by atoms with Gasteiger partial charge in [-0.25, -0.2) is 0 Å². The molecule has 0 amide bonds. The summed E-state index contributed by atoms with van der Waals surface area (Å²) in [6, 6.07) is 6.67.